The predicted octanol–water partition coefficient (Wildman–Crippen LogP) is 4.49. The summed E-state index contributed by atoms with van der Waals surface area (Å²) in [5.74, 6) is -0.417. The standard InChI is InChI=1S/C18H29O3Si/c1-5-6-7-8-9-10-15-20-21-18(19)16-11-13-17(14-12-16)22(2,3)4/h11-14H,1,5-10,15H2,2-4H3. The fourth-order valence-electron chi connectivity index (χ4n) is 2.12. The maximum Gasteiger partial charge on any atom is 0.373 e. The molecule has 0 saturated heterocycles. The zero-order valence-electron chi connectivity index (χ0n) is 14.2. The maximum absolute atomic E-state index is 11.8. The van der Waals surface area contributed by atoms with Gasteiger partial charge in [-0.25, -0.2) is 4.79 Å². The molecular formula is C18H29O3Si. The molecule has 0 aliphatic heterocycles. The molecule has 123 valence electrons. The Morgan fingerprint density at radius 2 is 1.59 bits per heavy atom. The highest BCUT2D eigenvalue weighted by Gasteiger charge is 2.17. The van der Waals surface area contributed by atoms with Crippen LogP contribution in [-0.4, -0.2) is 20.7 Å². The van der Waals surface area contributed by atoms with Crippen LogP contribution in [0.2, 0.25) is 19.6 Å². The van der Waals surface area contributed by atoms with Gasteiger partial charge >= 0.3 is 5.97 Å². The van der Waals surface area contributed by atoms with Crippen molar-refractivity contribution in [3.8, 4) is 0 Å². The average molecular weight is 322 g/mol. The van der Waals surface area contributed by atoms with Crippen molar-refractivity contribution >= 4 is 19.2 Å². The van der Waals surface area contributed by atoms with Crippen LogP contribution in [0.3, 0.4) is 0 Å². The monoisotopic (exact) mass is 321 g/mol. The topological polar surface area (TPSA) is 35.5 Å². The average Bonchev–Trinajstić information content (AvgIpc) is 2.49. The number of unbranched alkanes of at least 4 members (excludes halogenated alkanes) is 5. The van der Waals surface area contributed by atoms with Gasteiger partial charge in [0.15, 0.2) is 0 Å². The number of hydrogen-bond acceptors (Lipinski definition) is 3. The van der Waals surface area contributed by atoms with Gasteiger partial charge in [0.25, 0.3) is 0 Å². The minimum atomic E-state index is -1.33. The number of rotatable bonds is 10. The first kappa shape index (κ1) is 18.9. The number of hydrogen-bond donors (Lipinski definition) is 0. The second-order valence-electron chi connectivity index (χ2n) is 6.64. The Kier molecular flexibility index (Phi) is 8.42. The highest BCUT2D eigenvalue weighted by Crippen LogP contribution is 2.07. The normalized spacial score (nSPS) is 11.5. The van der Waals surface area contributed by atoms with E-state index in [1.807, 2.05) is 24.3 Å². The molecule has 4 heteroatoms. The number of carbonyl (C=O) groups is 1. The molecule has 0 amide bonds. The fourth-order valence-corrected chi connectivity index (χ4v) is 3.28. The van der Waals surface area contributed by atoms with E-state index in [1.54, 1.807) is 0 Å². The molecular weight excluding hydrogens is 292 g/mol. The van der Waals surface area contributed by atoms with Crippen molar-refractivity contribution in [3.63, 3.8) is 0 Å². The highest BCUT2D eigenvalue weighted by atomic mass is 28.3. The maximum atomic E-state index is 11.8. The zero-order valence-corrected chi connectivity index (χ0v) is 15.2. The Hall–Kier alpha value is -1.13. The molecule has 0 aliphatic carbocycles. The molecule has 1 aromatic carbocycles. The lowest BCUT2D eigenvalue weighted by molar-refractivity contribution is -0.241. The molecule has 0 atom stereocenters. The molecule has 0 aliphatic rings. The van der Waals surface area contributed by atoms with E-state index in [-0.39, 0.29) is 0 Å². The third-order valence-corrected chi connectivity index (χ3v) is 5.66. The zero-order chi connectivity index (χ0) is 16.4. The summed E-state index contributed by atoms with van der Waals surface area (Å²) in [7, 11) is -1.33. The molecule has 0 heterocycles. The summed E-state index contributed by atoms with van der Waals surface area (Å²) in [5.41, 5.74) is 0.539. The van der Waals surface area contributed by atoms with Gasteiger partial charge in [0.1, 0.15) is 0 Å². The quantitative estimate of drug-likeness (QED) is 0.275. The summed E-state index contributed by atoms with van der Waals surface area (Å²) in [4.78, 5) is 21.7. The summed E-state index contributed by atoms with van der Waals surface area (Å²) in [6.45, 7) is 11.1. The second-order valence-corrected chi connectivity index (χ2v) is 11.7. The van der Waals surface area contributed by atoms with E-state index in [2.05, 4.69) is 26.6 Å². The third kappa shape index (κ3) is 7.23. The summed E-state index contributed by atoms with van der Waals surface area (Å²) >= 11 is 0. The van der Waals surface area contributed by atoms with Crippen LogP contribution in [-0.2, 0) is 9.78 Å². The van der Waals surface area contributed by atoms with Crippen LogP contribution in [0.1, 0.15) is 48.9 Å². The molecule has 1 rings (SSSR count). The van der Waals surface area contributed by atoms with Crippen LogP contribution in [0.15, 0.2) is 24.3 Å². The molecule has 1 aromatic rings. The van der Waals surface area contributed by atoms with E-state index in [0.717, 1.165) is 19.3 Å². The van der Waals surface area contributed by atoms with Crippen molar-refractivity contribution < 1.29 is 14.6 Å². The van der Waals surface area contributed by atoms with Gasteiger partial charge in [-0.05, 0) is 18.6 Å². The minimum absolute atomic E-state index is 0.417. The smallest absolute Gasteiger partial charge is 0.293 e. The van der Waals surface area contributed by atoms with Gasteiger partial charge in [0.2, 0.25) is 0 Å². The van der Waals surface area contributed by atoms with E-state index in [9.17, 15) is 4.79 Å². The van der Waals surface area contributed by atoms with Crippen LogP contribution < -0.4 is 5.19 Å². The summed E-state index contributed by atoms with van der Waals surface area (Å²) in [5, 5.41) is 1.33. The van der Waals surface area contributed by atoms with Crippen molar-refractivity contribution in [1.29, 1.82) is 0 Å². The van der Waals surface area contributed by atoms with Gasteiger partial charge in [-0.3, -0.25) is 4.89 Å². The molecule has 0 fully saturated rings. The van der Waals surface area contributed by atoms with Crippen LogP contribution in [0.25, 0.3) is 0 Å². The molecule has 0 spiro atoms. The summed E-state index contributed by atoms with van der Waals surface area (Å²) < 4.78 is 0. The van der Waals surface area contributed by atoms with E-state index < -0.39 is 14.0 Å². The SMILES string of the molecule is [CH2]CCCCCCCOOC(=O)c1ccc([Si](C)(C)C)cc1. The lowest BCUT2D eigenvalue weighted by Crippen LogP contribution is -2.37. The van der Waals surface area contributed by atoms with E-state index >= 15 is 0 Å². The summed E-state index contributed by atoms with van der Waals surface area (Å²) in [6, 6.07) is 7.67. The molecule has 1 radical (unpaired) electrons. The predicted molar refractivity (Wildman–Crippen MR) is 93.8 cm³/mol. The van der Waals surface area contributed by atoms with E-state index in [1.165, 1.54) is 24.4 Å². The van der Waals surface area contributed by atoms with Crippen molar-refractivity contribution in [2.24, 2.45) is 0 Å². The Bertz CT molecular complexity index is 435. The van der Waals surface area contributed by atoms with Crippen molar-refractivity contribution in [1.82, 2.24) is 0 Å². The lowest BCUT2D eigenvalue weighted by Gasteiger charge is -2.16. The molecule has 0 saturated carbocycles. The Morgan fingerprint density at radius 1 is 1.00 bits per heavy atom. The first-order valence-electron chi connectivity index (χ1n) is 8.18. The molecule has 3 nitrogen and oxygen atoms in total. The third-order valence-electron chi connectivity index (χ3n) is 3.60. The van der Waals surface area contributed by atoms with Gasteiger partial charge in [0, 0.05) is 0 Å². The second kappa shape index (κ2) is 9.80. The summed E-state index contributed by atoms with van der Waals surface area (Å²) in [6.07, 6.45) is 6.60. The Balaban J connectivity index is 2.23. The lowest BCUT2D eigenvalue weighted by atomic mass is 10.1. The van der Waals surface area contributed by atoms with E-state index in [4.69, 9.17) is 9.78 Å². The number of carbonyl (C=O) groups excluding carboxylic acids is 1. The van der Waals surface area contributed by atoms with Gasteiger partial charge in [-0.15, -0.1) is 0 Å². The fraction of sp³-hybridized carbons (Fsp3) is 0.556. The first-order valence-corrected chi connectivity index (χ1v) is 11.7. The molecule has 0 aromatic heterocycles. The van der Waals surface area contributed by atoms with Gasteiger partial charge in [0.05, 0.1) is 20.2 Å². The van der Waals surface area contributed by atoms with Crippen molar-refractivity contribution in [2.75, 3.05) is 6.61 Å². The van der Waals surface area contributed by atoms with Gasteiger partial charge < -0.3 is 0 Å². The minimum Gasteiger partial charge on any atom is -0.293 e. The molecule has 0 bridgehead atoms. The van der Waals surface area contributed by atoms with Gasteiger partial charge in [-0.2, -0.15) is 4.89 Å². The molecule has 22 heavy (non-hydrogen) atoms. The first-order chi connectivity index (χ1) is 10.4. The largest absolute Gasteiger partial charge is 0.373 e. The van der Waals surface area contributed by atoms with E-state index in [0.29, 0.717) is 12.2 Å². The Labute approximate surface area is 136 Å². The van der Waals surface area contributed by atoms with Crippen LogP contribution >= 0.6 is 0 Å². The number of benzene rings is 1. The molecule has 0 unspecified atom stereocenters. The Morgan fingerprint density at radius 3 is 2.18 bits per heavy atom. The van der Waals surface area contributed by atoms with Crippen molar-refractivity contribution in [3.05, 3.63) is 36.8 Å². The molecule has 0 N–H and O–H groups in total. The van der Waals surface area contributed by atoms with Crippen molar-refractivity contribution in [2.45, 2.75) is 58.2 Å². The van der Waals surface area contributed by atoms with Crippen LogP contribution in [0.4, 0.5) is 0 Å². The highest BCUT2D eigenvalue weighted by molar-refractivity contribution is 6.88. The van der Waals surface area contributed by atoms with Crippen LogP contribution in [0, 0.1) is 6.92 Å². The van der Waals surface area contributed by atoms with Crippen LogP contribution in [0.5, 0.6) is 0 Å². The van der Waals surface area contributed by atoms with Gasteiger partial charge in [-0.1, -0.05) is 76.0 Å².